The van der Waals surface area contributed by atoms with Crippen molar-refractivity contribution in [1.29, 1.82) is 0 Å². The average Bonchev–Trinajstić information content (AvgIpc) is 2.86. The van der Waals surface area contributed by atoms with Gasteiger partial charge < -0.3 is 20.2 Å². The van der Waals surface area contributed by atoms with Crippen LogP contribution in [0.3, 0.4) is 0 Å². The zero-order chi connectivity index (χ0) is 14.5. The first-order valence-electron chi connectivity index (χ1n) is 5.81. The molecule has 1 aromatic carbocycles. The molecule has 7 nitrogen and oxygen atoms in total. The highest BCUT2D eigenvalue weighted by Gasteiger charge is 2.13. The predicted octanol–water partition coefficient (Wildman–Crippen LogP) is 0.363. The molecule has 1 aromatic heterocycles. The summed E-state index contributed by atoms with van der Waals surface area (Å²) < 4.78 is 5.32. The number of rotatable bonds is 5. The first-order chi connectivity index (χ1) is 9.56. The van der Waals surface area contributed by atoms with Crippen molar-refractivity contribution in [2.75, 3.05) is 13.1 Å². The van der Waals surface area contributed by atoms with Gasteiger partial charge in [0.2, 0.25) is 5.91 Å². The molecule has 0 aliphatic heterocycles. The van der Waals surface area contributed by atoms with Crippen LogP contribution in [0.1, 0.15) is 10.6 Å². The van der Waals surface area contributed by atoms with Crippen LogP contribution in [-0.2, 0) is 9.59 Å². The summed E-state index contributed by atoms with van der Waals surface area (Å²) in [6.07, 6.45) is 0. The van der Waals surface area contributed by atoms with E-state index in [2.05, 4.69) is 10.6 Å². The maximum absolute atomic E-state index is 11.8. The van der Waals surface area contributed by atoms with Gasteiger partial charge in [0.05, 0.1) is 6.54 Å². The number of carboxylic acid groups (broad SMARTS) is 1. The third kappa shape index (κ3) is 3.35. The van der Waals surface area contributed by atoms with E-state index in [0.29, 0.717) is 5.58 Å². The van der Waals surface area contributed by atoms with Crippen molar-refractivity contribution in [3.8, 4) is 0 Å². The molecule has 0 saturated heterocycles. The van der Waals surface area contributed by atoms with Gasteiger partial charge in [0.1, 0.15) is 12.1 Å². The molecular formula is C13H12N2O5. The summed E-state index contributed by atoms with van der Waals surface area (Å²) in [5.74, 6) is -2.18. The molecule has 0 radical (unpaired) electrons. The zero-order valence-electron chi connectivity index (χ0n) is 10.4. The lowest BCUT2D eigenvalue weighted by molar-refractivity contribution is -0.137. The Bertz CT molecular complexity index is 629. The van der Waals surface area contributed by atoms with E-state index in [9.17, 15) is 14.4 Å². The van der Waals surface area contributed by atoms with Crippen LogP contribution in [-0.4, -0.2) is 36.0 Å². The summed E-state index contributed by atoms with van der Waals surface area (Å²) in [5, 5.41) is 13.6. The van der Waals surface area contributed by atoms with Crippen LogP contribution in [0, 0.1) is 0 Å². The Balaban J connectivity index is 1.91. The monoisotopic (exact) mass is 276 g/mol. The Kier molecular flexibility index (Phi) is 3.99. The Morgan fingerprint density at radius 2 is 1.85 bits per heavy atom. The molecular weight excluding hydrogens is 264 g/mol. The number of nitrogens with one attached hydrogen (secondary N) is 2. The number of carbonyl (C=O) groups is 3. The first kappa shape index (κ1) is 13.6. The van der Waals surface area contributed by atoms with Crippen LogP contribution in [0.15, 0.2) is 34.7 Å². The molecule has 104 valence electrons. The lowest BCUT2D eigenvalue weighted by Crippen LogP contribution is -2.38. The van der Waals surface area contributed by atoms with E-state index in [-0.39, 0.29) is 12.3 Å². The van der Waals surface area contributed by atoms with Crippen molar-refractivity contribution in [1.82, 2.24) is 10.6 Å². The molecule has 20 heavy (non-hydrogen) atoms. The number of amides is 2. The minimum absolute atomic E-state index is 0.0947. The van der Waals surface area contributed by atoms with Crippen molar-refractivity contribution >= 4 is 28.8 Å². The Hall–Kier alpha value is -2.83. The molecule has 0 spiro atoms. The van der Waals surface area contributed by atoms with Crippen LogP contribution in [0.4, 0.5) is 0 Å². The molecule has 2 amide bonds. The quantitative estimate of drug-likeness (QED) is 0.730. The fourth-order valence-electron chi connectivity index (χ4n) is 1.58. The Labute approximate surface area is 113 Å². The van der Waals surface area contributed by atoms with E-state index in [0.717, 1.165) is 5.39 Å². The molecule has 1 heterocycles. The minimum atomic E-state index is -1.15. The van der Waals surface area contributed by atoms with Crippen LogP contribution < -0.4 is 10.6 Å². The predicted molar refractivity (Wildman–Crippen MR) is 69.2 cm³/mol. The van der Waals surface area contributed by atoms with Crippen LogP contribution in [0.25, 0.3) is 11.0 Å². The van der Waals surface area contributed by atoms with Crippen LogP contribution in [0.5, 0.6) is 0 Å². The van der Waals surface area contributed by atoms with Gasteiger partial charge in [-0.25, -0.2) is 0 Å². The molecule has 7 heteroatoms. The number of fused-ring (bicyclic) bond motifs is 1. The standard InChI is InChI=1S/C13H12N2O5/c16-11(14-7-12(17)18)6-15-13(19)10-5-8-3-1-2-4-9(8)20-10/h1-5H,6-7H2,(H,14,16)(H,15,19)(H,17,18). The number of hydrogen-bond acceptors (Lipinski definition) is 4. The summed E-state index contributed by atoms with van der Waals surface area (Å²) in [7, 11) is 0. The van der Waals surface area contributed by atoms with Gasteiger partial charge in [-0.2, -0.15) is 0 Å². The smallest absolute Gasteiger partial charge is 0.322 e. The number of carbonyl (C=O) groups excluding carboxylic acids is 2. The molecule has 0 aliphatic rings. The second kappa shape index (κ2) is 5.87. The number of carboxylic acids is 1. The maximum Gasteiger partial charge on any atom is 0.322 e. The van der Waals surface area contributed by atoms with Gasteiger partial charge in [0.15, 0.2) is 5.76 Å². The number of furan rings is 1. The molecule has 0 unspecified atom stereocenters. The van der Waals surface area contributed by atoms with Gasteiger partial charge in [-0.3, -0.25) is 14.4 Å². The first-order valence-corrected chi connectivity index (χ1v) is 5.81. The molecule has 0 saturated carbocycles. The SMILES string of the molecule is O=C(O)CNC(=O)CNC(=O)c1cc2ccccc2o1. The van der Waals surface area contributed by atoms with Gasteiger partial charge in [0.25, 0.3) is 5.91 Å². The minimum Gasteiger partial charge on any atom is -0.480 e. The lowest BCUT2D eigenvalue weighted by atomic mass is 10.2. The average molecular weight is 276 g/mol. The topological polar surface area (TPSA) is 109 Å². The normalized spacial score (nSPS) is 10.2. The molecule has 0 aliphatic carbocycles. The van der Waals surface area contributed by atoms with E-state index in [4.69, 9.17) is 9.52 Å². The maximum atomic E-state index is 11.8. The van der Waals surface area contributed by atoms with E-state index in [1.165, 1.54) is 0 Å². The molecule has 0 fully saturated rings. The fourth-order valence-corrected chi connectivity index (χ4v) is 1.58. The summed E-state index contributed by atoms with van der Waals surface area (Å²) in [4.78, 5) is 33.2. The number of para-hydroxylation sites is 1. The lowest BCUT2D eigenvalue weighted by Gasteiger charge is -2.03. The van der Waals surface area contributed by atoms with Crippen molar-refractivity contribution in [2.24, 2.45) is 0 Å². The van der Waals surface area contributed by atoms with Gasteiger partial charge in [0, 0.05) is 5.39 Å². The highest BCUT2D eigenvalue weighted by atomic mass is 16.4. The molecule has 2 rings (SSSR count). The summed E-state index contributed by atoms with van der Waals surface area (Å²) in [5.41, 5.74) is 0.577. The van der Waals surface area contributed by atoms with Gasteiger partial charge in [-0.05, 0) is 12.1 Å². The van der Waals surface area contributed by atoms with Crippen molar-refractivity contribution in [3.63, 3.8) is 0 Å². The van der Waals surface area contributed by atoms with Crippen LogP contribution >= 0.6 is 0 Å². The third-order valence-corrected chi connectivity index (χ3v) is 2.50. The third-order valence-electron chi connectivity index (χ3n) is 2.50. The summed E-state index contributed by atoms with van der Waals surface area (Å²) >= 11 is 0. The summed E-state index contributed by atoms with van der Waals surface area (Å²) in [6.45, 7) is -0.803. The molecule has 0 bridgehead atoms. The van der Waals surface area contributed by atoms with Crippen molar-refractivity contribution < 1.29 is 23.9 Å². The molecule has 2 aromatic rings. The zero-order valence-corrected chi connectivity index (χ0v) is 10.4. The highest BCUT2D eigenvalue weighted by Crippen LogP contribution is 2.18. The molecule has 3 N–H and O–H groups in total. The Morgan fingerprint density at radius 1 is 1.10 bits per heavy atom. The van der Waals surface area contributed by atoms with Crippen molar-refractivity contribution in [3.05, 3.63) is 36.1 Å². The van der Waals surface area contributed by atoms with E-state index in [1.54, 1.807) is 24.3 Å². The van der Waals surface area contributed by atoms with E-state index >= 15 is 0 Å². The summed E-state index contributed by atoms with van der Waals surface area (Å²) in [6, 6.07) is 8.70. The second-order valence-corrected chi connectivity index (χ2v) is 4.00. The second-order valence-electron chi connectivity index (χ2n) is 4.00. The van der Waals surface area contributed by atoms with Crippen LogP contribution in [0.2, 0.25) is 0 Å². The largest absolute Gasteiger partial charge is 0.480 e. The highest BCUT2D eigenvalue weighted by molar-refractivity contribution is 5.97. The number of benzene rings is 1. The van der Waals surface area contributed by atoms with Crippen molar-refractivity contribution in [2.45, 2.75) is 0 Å². The van der Waals surface area contributed by atoms with E-state index in [1.807, 2.05) is 6.07 Å². The number of aliphatic carboxylic acids is 1. The molecule has 0 atom stereocenters. The van der Waals surface area contributed by atoms with Gasteiger partial charge >= 0.3 is 5.97 Å². The van der Waals surface area contributed by atoms with E-state index < -0.39 is 24.3 Å². The number of hydrogen-bond donors (Lipinski definition) is 3. The van der Waals surface area contributed by atoms with Gasteiger partial charge in [-0.15, -0.1) is 0 Å². The Morgan fingerprint density at radius 3 is 2.55 bits per heavy atom. The fraction of sp³-hybridized carbons (Fsp3) is 0.154. The van der Waals surface area contributed by atoms with Gasteiger partial charge in [-0.1, -0.05) is 18.2 Å².